The summed E-state index contributed by atoms with van der Waals surface area (Å²) in [5.41, 5.74) is 0.496. The number of halogens is 4. The van der Waals surface area contributed by atoms with E-state index >= 15 is 0 Å². The molecule has 6 nitrogen and oxygen atoms in total. The van der Waals surface area contributed by atoms with Crippen LogP contribution in [0.2, 0.25) is 0 Å². The summed E-state index contributed by atoms with van der Waals surface area (Å²) in [6.07, 6.45) is -4.65. The van der Waals surface area contributed by atoms with Crippen molar-refractivity contribution in [1.82, 2.24) is 19.6 Å². The summed E-state index contributed by atoms with van der Waals surface area (Å²) < 4.78 is 57.5. The molecule has 0 atom stereocenters. The Kier molecular flexibility index (Phi) is 4.43. The van der Waals surface area contributed by atoms with Crippen molar-refractivity contribution >= 4 is 11.6 Å². The molecule has 3 aromatic rings. The van der Waals surface area contributed by atoms with Crippen LogP contribution < -0.4 is 10.1 Å². The van der Waals surface area contributed by atoms with Crippen LogP contribution >= 0.6 is 0 Å². The summed E-state index contributed by atoms with van der Waals surface area (Å²) in [7, 11) is 0. The van der Waals surface area contributed by atoms with E-state index in [2.05, 4.69) is 20.4 Å². The Balaban J connectivity index is 1.70. The highest BCUT2D eigenvalue weighted by molar-refractivity contribution is 5.45. The number of aromatic nitrogens is 4. The summed E-state index contributed by atoms with van der Waals surface area (Å²) in [6.45, 7) is 2.15. The molecule has 2 aromatic heterocycles. The summed E-state index contributed by atoms with van der Waals surface area (Å²) in [5.74, 6) is -0.968. The fourth-order valence-corrected chi connectivity index (χ4v) is 2.11. The second-order valence-corrected chi connectivity index (χ2v) is 5.16. The molecular formula is C15H13F4N5O. The molecule has 10 heteroatoms. The van der Waals surface area contributed by atoms with E-state index in [1.54, 1.807) is 13.0 Å². The van der Waals surface area contributed by atoms with Crippen LogP contribution in [-0.4, -0.2) is 32.7 Å². The number of aryl methyl sites for hydroxylation is 1. The predicted molar refractivity (Wildman–Crippen MR) is 80.9 cm³/mol. The quantitative estimate of drug-likeness (QED) is 0.563. The molecule has 0 bridgehead atoms. The van der Waals surface area contributed by atoms with Crippen molar-refractivity contribution in [3.8, 4) is 5.75 Å². The number of ether oxygens (including phenoxy) is 1. The molecule has 0 radical (unpaired) electrons. The van der Waals surface area contributed by atoms with Crippen LogP contribution in [0, 0.1) is 12.7 Å². The van der Waals surface area contributed by atoms with Crippen molar-refractivity contribution in [2.24, 2.45) is 0 Å². The first kappa shape index (κ1) is 16.9. The van der Waals surface area contributed by atoms with Crippen molar-refractivity contribution in [1.29, 1.82) is 0 Å². The lowest BCUT2D eigenvalue weighted by Gasteiger charge is -2.10. The Morgan fingerprint density at radius 1 is 1.16 bits per heavy atom. The van der Waals surface area contributed by atoms with Crippen LogP contribution in [0.5, 0.6) is 5.75 Å². The number of hydrogen-bond acceptors (Lipinski definition) is 5. The lowest BCUT2D eigenvalue weighted by atomic mass is 10.3. The van der Waals surface area contributed by atoms with Gasteiger partial charge < -0.3 is 10.1 Å². The molecule has 0 saturated heterocycles. The molecule has 0 aliphatic rings. The van der Waals surface area contributed by atoms with Crippen molar-refractivity contribution < 1.29 is 22.3 Å². The molecule has 0 saturated carbocycles. The van der Waals surface area contributed by atoms with Crippen molar-refractivity contribution in [2.75, 3.05) is 18.5 Å². The standard InChI is InChI=1S/C15H13F4N5O/c1-9-8-12(20-6-7-25-11-4-2-10(16)3-5-11)24-14(21-9)22-13(23-24)15(17,18)19/h2-5,8,20H,6-7H2,1H3. The average Bonchev–Trinajstić information content (AvgIpc) is 2.97. The van der Waals surface area contributed by atoms with Gasteiger partial charge in [0.2, 0.25) is 0 Å². The van der Waals surface area contributed by atoms with E-state index in [1.165, 1.54) is 24.3 Å². The number of benzene rings is 1. The Morgan fingerprint density at radius 3 is 2.56 bits per heavy atom. The van der Waals surface area contributed by atoms with E-state index in [1.807, 2.05) is 0 Å². The highest BCUT2D eigenvalue weighted by Gasteiger charge is 2.36. The van der Waals surface area contributed by atoms with Gasteiger partial charge in [0.25, 0.3) is 11.6 Å². The summed E-state index contributed by atoms with van der Waals surface area (Å²) in [5, 5.41) is 6.37. The van der Waals surface area contributed by atoms with Crippen molar-refractivity contribution in [3.05, 3.63) is 47.7 Å². The van der Waals surface area contributed by atoms with Gasteiger partial charge in [0.05, 0.1) is 6.54 Å². The zero-order valence-corrected chi connectivity index (χ0v) is 13.0. The molecule has 0 amide bonds. The van der Waals surface area contributed by atoms with Gasteiger partial charge in [-0.1, -0.05) is 0 Å². The Bertz CT molecular complexity index is 876. The number of fused-ring (bicyclic) bond motifs is 1. The highest BCUT2D eigenvalue weighted by atomic mass is 19.4. The Labute approximate surface area is 139 Å². The fraction of sp³-hybridized carbons (Fsp3) is 0.267. The molecule has 0 fully saturated rings. The summed E-state index contributed by atoms with van der Waals surface area (Å²) >= 11 is 0. The van der Waals surface area contributed by atoms with Gasteiger partial charge >= 0.3 is 6.18 Å². The van der Waals surface area contributed by atoms with E-state index in [4.69, 9.17) is 4.74 Å². The normalized spacial score (nSPS) is 11.7. The minimum absolute atomic E-state index is 0.144. The molecule has 2 heterocycles. The number of hydrogen-bond donors (Lipinski definition) is 1. The summed E-state index contributed by atoms with van der Waals surface area (Å²) in [4.78, 5) is 7.34. The number of anilines is 1. The first-order valence-electron chi connectivity index (χ1n) is 7.27. The zero-order valence-electron chi connectivity index (χ0n) is 13.0. The van der Waals surface area contributed by atoms with Gasteiger partial charge in [-0.3, -0.25) is 0 Å². The first-order valence-corrected chi connectivity index (χ1v) is 7.27. The molecule has 0 unspecified atom stereocenters. The third-order valence-corrected chi connectivity index (χ3v) is 3.18. The second kappa shape index (κ2) is 6.54. The molecule has 0 spiro atoms. The summed E-state index contributed by atoms with van der Waals surface area (Å²) in [6, 6.07) is 7.06. The maximum Gasteiger partial charge on any atom is 0.453 e. The lowest BCUT2D eigenvalue weighted by Crippen LogP contribution is -2.15. The molecule has 1 N–H and O–H groups in total. The van der Waals surface area contributed by atoms with Crippen molar-refractivity contribution in [2.45, 2.75) is 13.1 Å². The number of nitrogens with zero attached hydrogens (tertiary/aromatic N) is 4. The fourth-order valence-electron chi connectivity index (χ4n) is 2.11. The maximum atomic E-state index is 12.8. The number of alkyl halides is 3. The predicted octanol–water partition coefficient (Wildman–Crippen LogP) is 3.08. The van der Waals surface area contributed by atoms with Crippen LogP contribution in [0.25, 0.3) is 5.78 Å². The molecule has 0 aliphatic heterocycles. The minimum atomic E-state index is -4.65. The van der Waals surface area contributed by atoms with Crippen LogP contribution in [0.4, 0.5) is 23.4 Å². The maximum absolute atomic E-state index is 12.8. The largest absolute Gasteiger partial charge is 0.492 e. The monoisotopic (exact) mass is 355 g/mol. The van der Waals surface area contributed by atoms with Crippen LogP contribution in [-0.2, 0) is 6.18 Å². The molecule has 0 aliphatic carbocycles. The van der Waals surface area contributed by atoms with E-state index < -0.39 is 12.0 Å². The van der Waals surface area contributed by atoms with Crippen LogP contribution in [0.1, 0.15) is 11.5 Å². The van der Waals surface area contributed by atoms with E-state index in [0.29, 0.717) is 17.3 Å². The average molecular weight is 355 g/mol. The smallest absolute Gasteiger partial charge is 0.453 e. The van der Waals surface area contributed by atoms with E-state index in [9.17, 15) is 17.6 Å². The number of nitrogens with one attached hydrogen (secondary N) is 1. The second-order valence-electron chi connectivity index (χ2n) is 5.16. The van der Waals surface area contributed by atoms with Crippen LogP contribution in [0.15, 0.2) is 30.3 Å². The first-order chi connectivity index (χ1) is 11.8. The third-order valence-electron chi connectivity index (χ3n) is 3.18. The third kappa shape index (κ3) is 3.95. The minimum Gasteiger partial charge on any atom is -0.492 e. The number of rotatable bonds is 5. The Hall–Kier alpha value is -2.91. The van der Waals surface area contributed by atoms with Crippen LogP contribution in [0.3, 0.4) is 0 Å². The van der Waals surface area contributed by atoms with Gasteiger partial charge in [-0.2, -0.15) is 22.7 Å². The van der Waals surface area contributed by atoms with Gasteiger partial charge in [0.15, 0.2) is 0 Å². The lowest BCUT2D eigenvalue weighted by molar-refractivity contribution is -0.144. The van der Waals surface area contributed by atoms with E-state index in [0.717, 1.165) is 4.52 Å². The molecule has 132 valence electrons. The molecule has 1 aromatic carbocycles. The van der Waals surface area contributed by atoms with Gasteiger partial charge in [0.1, 0.15) is 24.0 Å². The highest BCUT2D eigenvalue weighted by Crippen LogP contribution is 2.27. The topological polar surface area (TPSA) is 64.3 Å². The van der Waals surface area contributed by atoms with Gasteiger partial charge in [-0.25, -0.2) is 9.37 Å². The SMILES string of the molecule is Cc1cc(NCCOc2ccc(F)cc2)n2nc(C(F)(F)F)nc2n1. The van der Waals surface area contributed by atoms with Gasteiger partial charge in [0, 0.05) is 11.8 Å². The molecule has 25 heavy (non-hydrogen) atoms. The Morgan fingerprint density at radius 2 is 1.88 bits per heavy atom. The molecular weight excluding hydrogens is 342 g/mol. The van der Waals surface area contributed by atoms with Gasteiger partial charge in [-0.05, 0) is 31.2 Å². The van der Waals surface area contributed by atoms with E-state index in [-0.39, 0.29) is 24.7 Å². The van der Waals surface area contributed by atoms with Gasteiger partial charge in [-0.15, -0.1) is 5.10 Å². The zero-order chi connectivity index (χ0) is 18.0. The molecule has 3 rings (SSSR count). The van der Waals surface area contributed by atoms with Crippen molar-refractivity contribution in [3.63, 3.8) is 0 Å².